The van der Waals surface area contributed by atoms with Gasteiger partial charge in [-0.15, -0.1) is 0 Å². The highest BCUT2D eigenvalue weighted by Gasteiger charge is 2.59. The van der Waals surface area contributed by atoms with E-state index in [4.69, 9.17) is 9.47 Å². The molecule has 4 aliphatic rings. The Labute approximate surface area is 170 Å². The van der Waals surface area contributed by atoms with Crippen molar-refractivity contribution in [1.82, 2.24) is 15.5 Å². The van der Waals surface area contributed by atoms with Gasteiger partial charge >= 0.3 is 0 Å². The Bertz CT molecular complexity index is 565. The molecular formula is C22H40N4O2. The van der Waals surface area contributed by atoms with E-state index in [9.17, 15) is 0 Å². The number of ether oxygens (including phenoxy) is 2. The van der Waals surface area contributed by atoms with Crippen LogP contribution in [-0.2, 0) is 9.47 Å². The van der Waals surface area contributed by atoms with E-state index < -0.39 is 0 Å². The second-order valence-electron chi connectivity index (χ2n) is 9.97. The Balaban J connectivity index is 1.36. The molecule has 28 heavy (non-hydrogen) atoms. The zero-order valence-corrected chi connectivity index (χ0v) is 18.3. The zero-order valence-electron chi connectivity index (χ0n) is 18.3. The molecule has 2 aliphatic carbocycles. The smallest absolute Gasteiger partial charge is 0.191 e. The second-order valence-corrected chi connectivity index (χ2v) is 9.97. The summed E-state index contributed by atoms with van der Waals surface area (Å²) in [5.74, 6) is 1.59. The highest BCUT2D eigenvalue weighted by Crippen LogP contribution is 2.52. The highest BCUT2D eigenvalue weighted by atomic mass is 16.5. The number of hydrogen-bond acceptors (Lipinski definition) is 4. The molecule has 2 N–H and O–H groups in total. The Morgan fingerprint density at radius 3 is 2.54 bits per heavy atom. The van der Waals surface area contributed by atoms with Gasteiger partial charge in [-0.2, -0.15) is 0 Å². The van der Waals surface area contributed by atoms with E-state index in [2.05, 4.69) is 34.4 Å². The lowest BCUT2D eigenvalue weighted by molar-refractivity contribution is -0.106. The number of likely N-dealkylation sites (tertiary alicyclic amines) is 1. The molecule has 0 aromatic rings. The summed E-state index contributed by atoms with van der Waals surface area (Å²) in [6.45, 7) is 8.85. The van der Waals surface area contributed by atoms with E-state index in [0.29, 0.717) is 24.2 Å². The maximum Gasteiger partial charge on any atom is 0.191 e. The number of aliphatic imine (C=N–C) groups is 1. The molecule has 0 aromatic carbocycles. The second kappa shape index (κ2) is 8.11. The molecule has 4 rings (SSSR count). The fourth-order valence-corrected chi connectivity index (χ4v) is 6.41. The Morgan fingerprint density at radius 2 is 1.89 bits per heavy atom. The molecule has 0 aromatic heterocycles. The number of methoxy groups -OCH3 is 1. The number of fused-ring (bicyclic) bond motifs is 1. The molecule has 0 radical (unpaired) electrons. The molecule has 2 aliphatic heterocycles. The molecule has 2 saturated heterocycles. The van der Waals surface area contributed by atoms with Gasteiger partial charge in [0.2, 0.25) is 0 Å². The quantitative estimate of drug-likeness (QED) is 0.556. The van der Waals surface area contributed by atoms with E-state index in [1.165, 1.54) is 32.1 Å². The number of rotatable bonds is 5. The van der Waals surface area contributed by atoms with Crippen LogP contribution >= 0.6 is 0 Å². The third-order valence-electron chi connectivity index (χ3n) is 8.18. The summed E-state index contributed by atoms with van der Waals surface area (Å²) >= 11 is 0. The fourth-order valence-electron chi connectivity index (χ4n) is 6.41. The maximum atomic E-state index is 5.95. The Hall–Kier alpha value is -0.850. The lowest BCUT2D eigenvalue weighted by Gasteiger charge is -2.55. The van der Waals surface area contributed by atoms with Crippen molar-refractivity contribution >= 4 is 5.96 Å². The molecule has 2 saturated carbocycles. The Kier molecular flexibility index (Phi) is 5.92. The van der Waals surface area contributed by atoms with Gasteiger partial charge in [0, 0.05) is 63.3 Å². The lowest BCUT2D eigenvalue weighted by Crippen LogP contribution is -2.68. The van der Waals surface area contributed by atoms with Gasteiger partial charge < -0.3 is 20.1 Å². The normalized spacial score (nSPS) is 35.4. The summed E-state index contributed by atoms with van der Waals surface area (Å²) in [6, 6.07) is 0.447. The van der Waals surface area contributed by atoms with Crippen molar-refractivity contribution in [3.05, 3.63) is 0 Å². The first-order chi connectivity index (χ1) is 13.5. The van der Waals surface area contributed by atoms with Crippen LogP contribution in [0.3, 0.4) is 0 Å². The number of hydrogen-bond donors (Lipinski definition) is 2. The summed E-state index contributed by atoms with van der Waals surface area (Å²) in [4.78, 5) is 7.31. The topological polar surface area (TPSA) is 58.1 Å². The monoisotopic (exact) mass is 392 g/mol. The van der Waals surface area contributed by atoms with E-state index in [-0.39, 0.29) is 11.0 Å². The molecular weight excluding hydrogens is 352 g/mol. The first kappa shape index (κ1) is 20.4. The summed E-state index contributed by atoms with van der Waals surface area (Å²) in [5, 5.41) is 7.46. The van der Waals surface area contributed by atoms with E-state index in [1.54, 1.807) is 0 Å². The van der Waals surface area contributed by atoms with Crippen molar-refractivity contribution < 1.29 is 9.47 Å². The molecule has 0 bridgehead atoms. The van der Waals surface area contributed by atoms with Crippen LogP contribution in [0.1, 0.15) is 58.8 Å². The minimum absolute atomic E-state index is 0.172. The van der Waals surface area contributed by atoms with Crippen LogP contribution in [0.4, 0.5) is 0 Å². The standard InChI is InChI=1S/C22H40N4O2/c1-21(2)18(17-9-14-28-19(17)21)25-20(23-3)24-15-22(10-5-6-11-22)26-12-7-16(27-4)8-13-26/h16-19H,5-15H2,1-4H3,(H2,23,24,25). The van der Waals surface area contributed by atoms with Gasteiger partial charge in [-0.25, -0.2) is 0 Å². The van der Waals surface area contributed by atoms with Crippen LogP contribution in [0.15, 0.2) is 4.99 Å². The van der Waals surface area contributed by atoms with Gasteiger partial charge in [-0.1, -0.05) is 26.7 Å². The van der Waals surface area contributed by atoms with Crippen LogP contribution in [0.25, 0.3) is 0 Å². The van der Waals surface area contributed by atoms with E-state index in [0.717, 1.165) is 45.0 Å². The number of piperidine rings is 1. The third-order valence-corrected chi connectivity index (χ3v) is 8.18. The van der Waals surface area contributed by atoms with Gasteiger partial charge in [0.25, 0.3) is 0 Å². The van der Waals surface area contributed by atoms with Gasteiger partial charge in [0.15, 0.2) is 5.96 Å². The van der Waals surface area contributed by atoms with Crippen LogP contribution in [0, 0.1) is 11.3 Å². The average molecular weight is 393 g/mol. The van der Waals surface area contributed by atoms with Crippen molar-refractivity contribution in [3.63, 3.8) is 0 Å². The summed E-state index contributed by atoms with van der Waals surface area (Å²) < 4.78 is 11.5. The lowest BCUT2D eigenvalue weighted by atomic mass is 9.57. The molecule has 0 amide bonds. The van der Waals surface area contributed by atoms with Gasteiger partial charge in [0.1, 0.15) is 0 Å². The van der Waals surface area contributed by atoms with Crippen molar-refractivity contribution in [2.45, 2.75) is 82.6 Å². The summed E-state index contributed by atoms with van der Waals surface area (Å²) in [5.41, 5.74) is 0.455. The van der Waals surface area contributed by atoms with E-state index in [1.807, 2.05) is 14.2 Å². The number of nitrogens with zero attached hydrogens (tertiary/aromatic N) is 2. The third kappa shape index (κ3) is 3.56. The van der Waals surface area contributed by atoms with Gasteiger partial charge in [0.05, 0.1) is 12.2 Å². The Morgan fingerprint density at radius 1 is 1.18 bits per heavy atom. The summed E-state index contributed by atoms with van der Waals surface area (Å²) in [6.07, 6.45) is 9.61. The minimum atomic E-state index is 0.172. The van der Waals surface area contributed by atoms with Crippen molar-refractivity contribution in [2.75, 3.05) is 40.4 Å². The van der Waals surface area contributed by atoms with Crippen molar-refractivity contribution in [2.24, 2.45) is 16.3 Å². The van der Waals surface area contributed by atoms with E-state index >= 15 is 0 Å². The van der Waals surface area contributed by atoms with Crippen molar-refractivity contribution in [1.29, 1.82) is 0 Å². The minimum Gasteiger partial charge on any atom is -0.381 e. The zero-order chi connectivity index (χ0) is 19.8. The predicted molar refractivity (Wildman–Crippen MR) is 113 cm³/mol. The summed E-state index contributed by atoms with van der Waals surface area (Å²) in [7, 11) is 3.75. The largest absolute Gasteiger partial charge is 0.381 e. The molecule has 160 valence electrons. The predicted octanol–water partition coefficient (Wildman–Crippen LogP) is 2.39. The molecule has 4 fully saturated rings. The molecule has 6 nitrogen and oxygen atoms in total. The number of nitrogens with one attached hydrogen (secondary N) is 2. The molecule has 2 heterocycles. The fraction of sp³-hybridized carbons (Fsp3) is 0.955. The van der Waals surface area contributed by atoms with Crippen LogP contribution in [0.5, 0.6) is 0 Å². The van der Waals surface area contributed by atoms with Crippen LogP contribution in [0.2, 0.25) is 0 Å². The first-order valence-electron chi connectivity index (χ1n) is 11.4. The molecule has 6 heteroatoms. The van der Waals surface area contributed by atoms with Gasteiger partial charge in [-0.3, -0.25) is 9.89 Å². The number of guanidine groups is 1. The molecule has 0 spiro atoms. The highest BCUT2D eigenvalue weighted by molar-refractivity contribution is 5.80. The molecule has 3 unspecified atom stereocenters. The first-order valence-corrected chi connectivity index (χ1v) is 11.4. The van der Waals surface area contributed by atoms with Crippen LogP contribution < -0.4 is 10.6 Å². The maximum absolute atomic E-state index is 5.95. The van der Waals surface area contributed by atoms with Gasteiger partial charge in [-0.05, 0) is 32.1 Å². The SMILES string of the molecule is CN=C(NCC1(N2CCC(OC)CC2)CCCC1)NC1C2CCOC2C1(C)C. The van der Waals surface area contributed by atoms with Crippen molar-refractivity contribution in [3.8, 4) is 0 Å². The average Bonchev–Trinajstić information content (AvgIpc) is 3.37. The van der Waals surface area contributed by atoms with Crippen LogP contribution in [-0.4, -0.2) is 75.0 Å². The molecule has 3 atom stereocenters.